The number of nitrogens with two attached hydrogens (primary N) is 1. The van der Waals surface area contributed by atoms with Gasteiger partial charge >= 0.3 is 0 Å². The van der Waals surface area contributed by atoms with Gasteiger partial charge in [-0.05, 0) is 0 Å². The largest absolute Gasteiger partial charge is 0.326 e. The summed E-state index contributed by atoms with van der Waals surface area (Å²) in [7, 11) is 0. The monoisotopic (exact) mass is 128 g/mol. The summed E-state index contributed by atoms with van der Waals surface area (Å²) in [5.41, 5.74) is 5.55. The number of rotatable bonds is 0. The van der Waals surface area contributed by atoms with Gasteiger partial charge in [0.05, 0.1) is 12.0 Å². The van der Waals surface area contributed by atoms with Crippen LogP contribution in [0.5, 0.6) is 0 Å². The summed E-state index contributed by atoms with van der Waals surface area (Å²) >= 11 is 1.77. The summed E-state index contributed by atoms with van der Waals surface area (Å²) in [6.45, 7) is 0. The zero-order chi connectivity index (χ0) is 5.98. The molecule has 8 heavy (non-hydrogen) atoms. The molecule has 0 aromatic carbocycles. The average Bonchev–Trinajstić information content (AvgIpc) is 2.14. The molecule has 1 saturated heterocycles. The van der Waals surface area contributed by atoms with E-state index >= 15 is 0 Å². The topological polar surface area (TPSA) is 49.8 Å². The number of thioether (sulfide) groups is 1. The summed E-state index contributed by atoms with van der Waals surface area (Å²) in [5, 5.41) is 8.39. The summed E-state index contributed by atoms with van der Waals surface area (Å²) in [6, 6.07) is 2.30. The van der Waals surface area contributed by atoms with Crippen molar-refractivity contribution in [2.75, 3.05) is 11.5 Å². The molecular formula is C5H8N2S. The third kappa shape index (κ3) is 0.960. The molecule has 2 atom stereocenters. The molecule has 1 aliphatic rings. The maximum absolute atomic E-state index is 8.39. The second-order valence-corrected chi connectivity index (χ2v) is 3.01. The van der Waals surface area contributed by atoms with Gasteiger partial charge in [0.2, 0.25) is 0 Å². The molecule has 44 valence electrons. The van der Waals surface area contributed by atoms with Crippen LogP contribution in [0, 0.1) is 17.2 Å². The van der Waals surface area contributed by atoms with Crippen LogP contribution in [0.2, 0.25) is 0 Å². The van der Waals surface area contributed by atoms with Crippen LogP contribution in [-0.2, 0) is 0 Å². The van der Waals surface area contributed by atoms with E-state index in [-0.39, 0.29) is 12.0 Å². The van der Waals surface area contributed by atoms with Crippen LogP contribution >= 0.6 is 11.8 Å². The highest BCUT2D eigenvalue weighted by Gasteiger charge is 2.23. The molecular weight excluding hydrogens is 120 g/mol. The SMILES string of the molecule is N#C[C@H]1CSC[C@H]1N. The fraction of sp³-hybridized carbons (Fsp3) is 0.800. The molecule has 3 heteroatoms. The van der Waals surface area contributed by atoms with Gasteiger partial charge in [-0.1, -0.05) is 0 Å². The average molecular weight is 128 g/mol. The minimum atomic E-state index is 0.111. The number of nitrogens with zero attached hydrogens (tertiary/aromatic N) is 1. The van der Waals surface area contributed by atoms with E-state index in [2.05, 4.69) is 6.07 Å². The lowest BCUT2D eigenvalue weighted by Gasteiger charge is -2.01. The predicted octanol–water partition coefficient (Wildman–Crippen LogP) is 0.200. The smallest absolute Gasteiger partial charge is 0.0712 e. The molecule has 2 nitrogen and oxygen atoms in total. The third-order valence-electron chi connectivity index (χ3n) is 1.29. The van der Waals surface area contributed by atoms with Crippen molar-refractivity contribution in [1.82, 2.24) is 0 Å². The Kier molecular flexibility index (Phi) is 1.77. The summed E-state index contributed by atoms with van der Waals surface area (Å²) < 4.78 is 0. The molecule has 1 aliphatic heterocycles. The van der Waals surface area contributed by atoms with E-state index in [0.29, 0.717) is 0 Å². The molecule has 0 saturated carbocycles. The van der Waals surface area contributed by atoms with Crippen molar-refractivity contribution in [2.45, 2.75) is 6.04 Å². The molecule has 1 rings (SSSR count). The Morgan fingerprint density at radius 3 is 2.62 bits per heavy atom. The molecule has 0 aromatic rings. The Balaban J connectivity index is 2.45. The lowest BCUT2D eigenvalue weighted by atomic mass is 10.1. The van der Waals surface area contributed by atoms with Crippen molar-refractivity contribution in [2.24, 2.45) is 11.7 Å². The van der Waals surface area contributed by atoms with E-state index in [1.54, 1.807) is 11.8 Å². The van der Waals surface area contributed by atoms with E-state index in [4.69, 9.17) is 11.0 Å². The third-order valence-corrected chi connectivity index (χ3v) is 2.51. The van der Waals surface area contributed by atoms with Crippen molar-refractivity contribution >= 4 is 11.8 Å². The van der Waals surface area contributed by atoms with Crippen LogP contribution in [0.15, 0.2) is 0 Å². The number of hydrogen-bond donors (Lipinski definition) is 1. The lowest BCUT2D eigenvalue weighted by molar-refractivity contribution is 0.635. The van der Waals surface area contributed by atoms with E-state index in [1.165, 1.54) is 0 Å². The minimum absolute atomic E-state index is 0.111. The fourth-order valence-electron chi connectivity index (χ4n) is 0.704. The predicted molar refractivity (Wildman–Crippen MR) is 34.4 cm³/mol. The van der Waals surface area contributed by atoms with Crippen LogP contribution in [0.3, 0.4) is 0 Å². The van der Waals surface area contributed by atoms with Gasteiger partial charge in [-0.15, -0.1) is 0 Å². The summed E-state index contributed by atoms with van der Waals surface area (Å²) in [6.07, 6.45) is 0. The van der Waals surface area contributed by atoms with Gasteiger partial charge in [-0.3, -0.25) is 0 Å². The maximum Gasteiger partial charge on any atom is 0.0712 e. The van der Waals surface area contributed by atoms with E-state index in [0.717, 1.165) is 11.5 Å². The van der Waals surface area contributed by atoms with Crippen LogP contribution in [0.4, 0.5) is 0 Å². The molecule has 0 unspecified atom stereocenters. The van der Waals surface area contributed by atoms with Crippen LogP contribution in [0.25, 0.3) is 0 Å². The quantitative estimate of drug-likeness (QED) is 0.507. The highest BCUT2D eigenvalue weighted by atomic mass is 32.2. The minimum Gasteiger partial charge on any atom is -0.326 e. The van der Waals surface area contributed by atoms with E-state index in [1.807, 2.05) is 0 Å². The standard InChI is InChI=1S/C5H8N2S/c6-1-4-2-8-3-5(4)7/h4-5H,2-3,7H2/t4-,5+/m0/s1. The van der Waals surface area contributed by atoms with Gasteiger partial charge in [0.1, 0.15) is 0 Å². The van der Waals surface area contributed by atoms with Gasteiger partial charge in [-0.25, -0.2) is 0 Å². The van der Waals surface area contributed by atoms with Gasteiger partial charge < -0.3 is 5.73 Å². The Labute approximate surface area is 53.0 Å². The number of nitriles is 1. The number of hydrogen-bond acceptors (Lipinski definition) is 3. The Morgan fingerprint density at radius 2 is 2.38 bits per heavy atom. The first-order chi connectivity index (χ1) is 3.84. The molecule has 0 aliphatic carbocycles. The molecule has 0 spiro atoms. The summed E-state index contributed by atoms with van der Waals surface area (Å²) in [4.78, 5) is 0. The first kappa shape index (κ1) is 5.93. The Morgan fingerprint density at radius 1 is 1.62 bits per heavy atom. The summed E-state index contributed by atoms with van der Waals surface area (Å²) in [5.74, 6) is 2.00. The zero-order valence-corrected chi connectivity index (χ0v) is 5.32. The second kappa shape index (κ2) is 2.38. The Bertz CT molecular complexity index is 118. The molecule has 0 aromatic heterocycles. The molecule has 0 bridgehead atoms. The first-order valence-electron chi connectivity index (χ1n) is 2.57. The molecule has 1 heterocycles. The van der Waals surface area contributed by atoms with Crippen LogP contribution in [0.1, 0.15) is 0 Å². The highest BCUT2D eigenvalue weighted by Crippen LogP contribution is 2.21. The second-order valence-electron chi connectivity index (χ2n) is 1.94. The van der Waals surface area contributed by atoms with Gasteiger partial charge in [0.25, 0.3) is 0 Å². The van der Waals surface area contributed by atoms with Crippen molar-refractivity contribution in [3.63, 3.8) is 0 Å². The van der Waals surface area contributed by atoms with Crippen molar-refractivity contribution < 1.29 is 0 Å². The van der Waals surface area contributed by atoms with Crippen molar-refractivity contribution in [3.05, 3.63) is 0 Å². The normalized spacial score (nSPS) is 37.0. The van der Waals surface area contributed by atoms with Crippen LogP contribution < -0.4 is 5.73 Å². The van der Waals surface area contributed by atoms with Crippen LogP contribution in [-0.4, -0.2) is 17.5 Å². The molecule has 1 fully saturated rings. The fourth-order valence-corrected chi connectivity index (χ4v) is 1.92. The van der Waals surface area contributed by atoms with E-state index in [9.17, 15) is 0 Å². The zero-order valence-electron chi connectivity index (χ0n) is 4.50. The molecule has 0 amide bonds. The Hall–Kier alpha value is -0.200. The van der Waals surface area contributed by atoms with Crippen molar-refractivity contribution in [3.8, 4) is 6.07 Å². The van der Waals surface area contributed by atoms with Gasteiger partial charge in [-0.2, -0.15) is 17.0 Å². The first-order valence-corrected chi connectivity index (χ1v) is 3.73. The van der Waals surface area contributed by atoms with Crippen molar-refractivity contribution in [1.29, 1.82) is 5.26 Å². The maximum atomic E-state index is 8.39. The van der Waals surface area contributed by atoms with Gasteiger partial charge in [0, 0.05) is 17.5 Å². The molecule has 2 N–H and O–H groups in total. The molecule has 0 radical (unpaired) electrons. The lowest BCUT2D eigenvalue weighted by Crippen LogP contribution is -2.26. The van der Waals surface area contributed by atoms with Gasteiger partial charge in [0.15, 0.2) is 0 Å². The highest BCUT2D eigenvalue weighted by molar-refractivity contribution is 7.99. The van der Waals surface area contributed by atoms with E-state index < -0.39 is 0 Å².